The number of hydrogen-bond acceptors (Lipinski definition) is 6. The van der Waals surface area contributed by atoms with Gasteiger partial charge in [0.2, 0.25) is 0 Å². The summed E-state index contributed by atoms with van der Waals surface area (Å²) in [6, 6.07) is 16.5. The van der Waals surface area contributed by atoms with Gasteiger partial charge >= 0.3 is 0 Å². The van der Waals surface area contributed by atoms with E-state index in [2.05, 4.69) is 51.3 Å². The number of aromatic nitrogens is 2. The highest BCUT2D eigenvalue weighted by atomic mass is 16.5. The molecule has 44 heavy (non-hydrogen) atoms. The summed E-state index contributed by atoms with van der Waals surface area (Å²) in [4.78, 5) is 12.9. The van der Waals surface area contributed by atoms with Crippen LogP contribution < -0.4 is 9.47 Å². The Morgan fingerprint density at radius 1 is 0.773 bits per heavy atom. The summed E-state index contributed by atoms with van der Waals surface area (Å²) in [7, 11) is 0. The fraction of sp³-hybridized carbons (Fsp3) is 0.649. The minimum absolute atomic E-state index is 0.457. The van der Waals surface area contributed by atoms with Crippen molar-refractivity contribution in [3.63, 3.8) is 0 Å². The van der Waals surface area contributed by atoms with Crippen LogP contribution in [0.25, 0.3) is 11.0 Å². The molecular formula is C37H57N5O2. The summed E-state index contributed by atoms with van der Waals surface area (Å²) >= 11 is 0. The Kier molecular flexibility index (Phi) is 13.2. The molecule has 7 heteroatoms. The van der Waals surface area contributed by atoms with Crippen LogP contribution in [0.15, 0.2) is 48.5 Å². The van der Waals surface area contributed by atoms with Crippen molar-refractivity contribution in [3.8, 4) is 11.5 Å². The fourth-order valence-corrected chi connectivity index (χ4v) is 7.06. The van der Waals surface area contributed by atoms with Gasteiger partial charge < -0.3 is 28.7 Å². The van der Waals surface area contributed by atoms with Crippen molar-refractivity contribution in [2.75, 3.05) is 65.5 Å². The first-order chi connectivity index (χ1) is 21.7. The average molecular weight is 604 g/mol. The maximum Gasteiger partial charge on any atom is 0.148 e. The van der Waals surface area contributed by atoms with Gasteiger partial charge in [-0.15, -0.1) is 0 Å². The van der Waals surface area contributed by atoms with Gasteiger partial charge in [0, 0.05) is 13.1 Å². The smallest absolute Gasteiger partial charge is 0.148 e. The third-order valence-electron chi connectivity index (χ3n) is 9.80. The number of ether oxygens (including phenoxy) is 2. The number of hydrogen-bond donors (Lipinski definition) is 0. The molecule has 0 bridgehead atoms. The number of benzene rings is 2. The van der Waals surface area contributed by atoms with Gasteiger partial charge in [0.1, 0.15) is 29.4 Å². The second-order valence-electron chi connectivity index (χ2n) is 12.8. The average Bonchev–Trinajstić information content (AvgIpc) is 3.43. The molecule has 0 saturated carbocycles. The zero-order chi connectivity index (χ0) is 30.4. The third kappa shape index (κ3) is 9.69. The van der Waals surface area contributed by atoms with E-state index in [1.165, 1.54) is 84.2 Å². The van der Waals surface area contributed by atoms with E-state index in [0.29, 0.717) is 6.61 Å². The van der Waals surface area contributed by atoms with E-state index in [-0.39, 0.29) is 0 Å². The van der Waals surface area contributed by atoms with Crippen molar-refractivity contribution in [2.24, 2.45) is 5.92 Å². The molecule has 2 saturated heterocycles. The first-order valence-electron chi connectivity index (χ1n) is 17.7. The van der Waals surface area contributed by atoms with Gasteiger partial charge in [-0.05, 0) is 134 Å². The molecule has 3 aromatic rings. The van der Waals surface area contributed by atoms with Crippen LogP contribution in [-0.4, -0.2) is 89.8 Å². The van der Waals surface area contributed by atoms with E-state index >= 15 is 0 Å². The lowest BCUT2D eigenvalue weighted by Gasteiger charge is -2.32. The predicted molar refractivity (Wildman–Crippen MR) is 182 cm³/mol. The number of aryl methyl sites for hydroxylation is 1. The largest absolute Gasteiger partial charge is 0.491 e. The van der Waals surface area contributed by atoms with Crippen LogP contribution in [-0.2, 0) is 13.2 Å². The number of imidazole rings is 1. The van der Waals surface area contributed by atoms with E-state index in [1.54, 1.807) is 0 Å². The number of para-hydroxylation sites is 2. The molecule has 2 aliphatic rings. The highest BCUT2D eigenvalue weighted by Gasteiger charge is 2.20. The van der Waals surface area contributed by atoms with Gasteiger partial charge in [-0.3, -0.25) is 0 Å². The Hall–Kier alpha value is -2.61. The second kappa shape index (κ2) is 17.8. The molecule has 2 aromatic carbocycles. The van der Waals surface area contributed by atoms with Crippen LogP contribution in [0.2, 0.25) is 0 Å². The lowest BCUT2D eigenvalue weighted by molar-refractivity contribution is 0.166. The van der Waals surface area contributed by atoms with Gasteiger partial charge in [-0.2, -0.15) is 0 Å². The lowest BCUT2D eigenvalue weighted by atomic mass is 9.92. The molecule has 5 rings (SSSR count). The Balaban J connectivity index is 1.16. The number of rotatable bonds is 18. The Bertz CT molecular complexity index is 1210. The van der Waals surface area contributed by atoms with E-state index in [1.807, 2.05) is 30.3 Å². The summed E-state index contributed by atoms with van der Waals surface area (Å²) < 4.78 is 14.9. The summed E-state index contributed by atoms with van der Waals surface area (Å²) in [5, 5.41) is 0. The molecule has 0 amide bonds. The molecule has 7 nitrogen and oxygen atoms in total. The van der Waals surface area contributed by atoms with Crippen molar-refractivity contribution in [1.82, 2.24) is 24.3 Å². The molecule has 3 heterocycles. The zero-order valence-electron chi connectivity index (χ0n) is 27.6. The molecule has 2 aliphatic heterocycles. The fourth-order valence-electron chi connectivity index (χ4n) is 7.06. The lowest BCUT2D eigenvalue weighted by Crippen LogP contribution is -2.36. The molecule has 0 radical (unpaired) electrons. The van der Waals surface area contributed by atoms with Crippen molar-refractivity contribution < 1.29 is 9.47 Å². The van der Waals surface area contributed by atoms with E-state index in [9.17, 15) is 0 Å². The highest BCUT2D eigenvalue weighted by Crippen LogP contribution is 2.29. The van der Waals surface area contributed by atoms with Crippen molar-refractivity contribution in [3.05, 3.63) is 54.4 Å². The summed E-state index contributed by atoms with van der Waals surface area (Å²) in [5.41, 5.74) is 2.13. The molecular weight excluding hydrogens is 546 g/mol. The molecule has 1 aromatic heterocycles. The minimum Gasteiger partial charge on any atom is -0.491 e. The van der Waals surface area contributed by atoms with Gasteiger partial charge in [-0.1, -0.05) is 44.5 Å². The maximum absolute atomic E-state index is 6.35. The number of piperidine rings is 2. The van der Waals surface area contributed by atoms with Crippen LogP contribution in [0, 0.1) is 5.92 Å². The first kappa shape index (κ1) is 32.8. The zero-order valence-corrected chi connectivity index (χ0v) is 27.6. The number of nitrogens with zero attached hydrogens (tertiary/aromatic N) is 5. The third-order valence-corrected chi connectivity index (χ3v) is 9.80. The molecule has 242 valence electrons. The number of likely N-dealkylation sites (tertiary alicyclic amines) is 2. The topological polar surface area (TPSA) is 46.0 Å². The number of fused-ring (bicyclic) bond motifs is 1. The minimum atomic E-state index is 0.457. The Morgan fingerprint density at radius 2 is 1.52 bits per heavy atom. The predicted octanol–water partition coefficient (Wildman–Crippen LogP) is 7.09. The summed E-state index contributed by atoms with van der Waals surface area (Å²) in [5.74, 6) is 3.58. The second-order valence-corrected chi connectivity index (χ2v) is 12.8. The van der Waals surface area contributed by atoms with Crippen molar-refractivity contribution in [1.29, 1.82) is 0 Å². The van der Waals surface area contributed by atoms with Crippen molar-refractivity contribution >= 4 is 11.0 Å². The van der Waals surface area contributed by atoms with Gasteiger partial charge in [0.05, 0.1) is 12.1 Å². The molecule has 0 unspecified atom stereocenters. The quantitative estimate of drug-likeness (QED) is 0.145. The molecule has 0 aliphatic carbocycles. The standard InChI is InChI=1S/C37H57N5O2/c1-3-39(4-2)24-13-25-41-28-20-32(21-29-41)15-12-27-42-34-18-11-19-35(43-30-14-26-40-22-9-6-10-23-40)37(34)38-36(42)31-44-33-16-7-5-8-17-33/h5,7-8,11,16-19,32H,3-4,6,9-10,12-15,20-31H2,1-2H3. The molecule has 0 atom stereocenters. The van der Waals surface area contributed by atoms with Crippen LogP contribution in [0.5, 0.6) is 11.5 Å². The highest BCUT2D eigenvalue weighted by molar-refractivity contribution is 5.82. The summed E-state index contributed by atoms with van der Waals surface area (Å²) in [6.45, 7) is 17.6. The first-order valence-corrected chi connectivity index (χ1v) is 17.7. The monoisotopic (exact) mass is 603 g/mol. The molecule has 0 N–H and O–H groups in total. The van der Waals surface area contributed by atoms with E-state index < -0.39 is 0 Å². The normalized spacial score (nSPS) is 17.1. The van der Waals surface area contributed by atoms with Gasteiger partial charge in [0.15, 0.2) is 0 Å². The summed E-state index contributed by atoms with van der Waals surface area (Å²) in [6.07, 6.45) is 11.5. The Morgan fingerprint density at radius 3 is 2.30 bits per heavy atom. The molecule has 2 fully saturated rings. The van der Waals surface area contributed by atoms with Crippen LogP contribution >= 0.6 is 0 Å². The van der Waals surface area contributed by atoms with Crippen molar-refractivity contribution in [2.45, 2.75) is 84.8 Å². The SMILES string of the molecule is CCN(CC)CCCN1CCC(CCCn2c(COc3ccccc3)nc3c(OCCCN4CCCCC4)cccc32)CC1. The van der Waals surface area contributed by atoms with Crippen LogP contribution in [0.4, 0.5) is 0 Å². The maximum atomic E-state index is 6.35. The molecule has 0 spiro atoms. The van der Waals surface area contributed by atoms with Gasteiger partial charge in [-0.25, -0.2) is 4.98 Å². The Labute approximate surface area is 266 Å². The van der Waals surface area contributed by atoms with Crippen LogP contribution in [0.3, 0.4) is 0 Å². The van der Waals surface area contributed by atoms with E-state index in [0.717, 1.165) is 79.9 Å². The van der Waals surface area contributed by atoms with Gasteiger partial charge in [0.25, 0.3) is 0 Å². The van der Waals surface area contributed by atoms with Crippen LogP contribution in [0.1, 0.15) is 77.5 Å². The van der Waals surface area contributed by atoms with E-state index in [4.69, 9.17) is 14.5 Å².